The van der Waals surface area contributed by atoms with E-state index in [2.05, 4.69) is 20.9 Å². The molecule has 0 aliphatic carbocycles. The van der Waals surface area contributed by atoms with Gasteiger partial charge in [0.2, 0.25) is 0 Å². The predicted molar refractivity (Wildman–Crippen MR) is 80.1 cm³/mol. The first-order valence-corrected chi connectivity index (χ1v) is 6.94. The molecule has 1 aromatic heterocycles. The Kier molecular flexibility index (Phi) is 4.70. The second-order valence-electron chi connectivity index (χ2n) is 3.51. The van der Waals surface area contributed by atoms with Crippen LogP contribution in [0.4, 0.5) is 5.69 Å². The van der Waals surface area contributed by atoms with Crippen LogP contribution in [0.1, 0.15) is 0 Å². The molecule has 0 aliphatic rings. The van der Waals surface area contributed by atoms with Crippen molar-refractivity contribution in [2.24, 2.45) is 0 Å². The molecule has 104 valence electrons. The average molecular weight is 398 g/mol. The highest BCUT2D eigenvalue weighted by atomic mass is 79.9. The molecule has 0 atom stereocenters. The molecule has 0 N–H and O–H groups in total. The molecule has 0 amide bonds. The number of hydrogen-bond acceptors (Lipinski definition) is 4. The summed E-state index contributed by atoms with van der Waals surface area (Å²) in [5.74, 6) is -0.125. The number of ether oxygens (including phenoxy) is 1. The van der Waals surface area contributed by atoms with E-state index in [9.17, 15) is 10.1 Å². The number of nitro groups is 1. The van der Waals surface area contributed by atoms with Gasteiger partial charge in [0.1, 0.15) is 10.9 Å². The van der Waals surface area contributed by atoms with E-state index in [1.807, 2.05) is 0 Å². The van der Waals surface area contributed by atoms with Crippen LogP contribution in [0.15, 0.2) is 28.7 Å². The number of nitrogens with zero attached hydrogens (tertiary/aromatic N) is 2. The van der Waals surface area contributed by atoms with E-state index >= 15 is 0 Å². The summed E-state index contributed by atoms with van der Waals surface area (Å²) in [6, 6.07) is 5.41. The van der Waals surface area contributed by atoms with Gasteiger partial charge in [-0.05, 0) is 28.1 Å². The summed E-state index contributed by atoms with van der Waals surface area (Å²) in [4.78, 5) is 14.0. The van der Waals surface area contributed by atoms with Gasteiger partial charge in [-0.25, -0.2) is 0 Å². The van der Waals surface area contributed by atoms with Crippen molar-refractivity contribution in [2.45, 2.75) is 0 Å². The molecule has 1 aromatic carbocycles. The van der Waals surface area contributed by atoms with Gasteiger partial charge in [-0.15, -0.1) is 0 Å². The van der Waals surface area contributed by atoms with Gasteiger partial charge < -0.3 is 4.74 Å². The topological polar surface area (TPSA) is 65.3 Å². The Morgan fingerprint density at radius 1 is 1.20 bits per heavy atom. The molecule has 20 heavy (non-hydrogen) atoms. The van der Waals surface area contributed by atoms with E-state index in [0.717, 1.165) is 0 Å². The molecular weight excluding hydrogens is 394 g/mol. The number of pyridine rings is 1. The van der Waals surface area contributed by atoms with Crippen molar-refractivity contribution in [2.75, 3.05) is 0 Å². The summed E-state index contributed by atoms with van der Waals surface area (Å²) in [5.41, 5.74) is -0.329. The fourth-order valence-corrected chi connectivity index (χ4v) is 2.28. The summed E-state index contributed by atoms with van der Waals surface area (Å²) < 4.78 is 5.92. The summed E-state index contributed by atoms with van der Waals surface area (Å²) in [5, 5.41) is 11.5. The number of aromatic nitrogens is 1. The lowest BCUT2D eigenvalue weighted by molar-refractivity contribution is -0.386. The van der Waals surface area contributed by atoms with Crippen LogP contribution in [0.3, 0.4) is 0 Å². The molecule has 9 heteroatoms. The molecule has 2 rings (SSSR count). The van der Waals surface area contributed by atoms with Crippen LogP contribution in [-0.4, -0.2) is 9.91 Å². The van der Waals surface area contributed by atoms with E-state index in [0.29, 0.717) is 9.50 Å². The summed E-state index contributed by atoms with van der Waals surface area (Å²) >= 11 is 20.8. The molecule has 0 saturated carbocycles. The lowest BCUT2D eigenvalue weighted by Crippen LogP contribution is -1.96. The molecular formula is C11H4BrCl3N2O3. The van der Waals surface area contributed by atoms with Gasteiger partial charge in [-0.1, -0.05) is 34.8 Å². The second kappa shape index (κ2) is 6.13. The minimum atomic E-state index is -0.632. The predicted octanol–water partition coefficient (Wildman–Crippen LogP) is 5.50. The SMILES string of the molecule is O=[N+]([O-])c1ccc(Cl)nc1Oc1cc(Cl)c(Br)cc1Cl. The second-order valence-corrected chi connectivity index (χ2v) is 5.57. The maximum atomic E-state index is 10.9. The molecule has 1 heterocycles. The van der Waals surface area contributed by atoms with Crippen molar-refractivity contribution in [3.8, 4) is 11.6 Å². The van der Waals surface area contributed by atoms with Crippen LogP contribution in [-0.2, 0) is 0 Å². The summed E-state index contributed by atoms with van der Waals surface area (Å²) in [6.07, 6.45) is 0. The maximum absolute atomic E-state index is 10.9. The van der Waals surface area contributed by atoms with Gasteiger partial charge in [-0.2, -0.15) is 4.98 Å². The molecule has 0 bridgehead atoms. The van der Waals surface area contributed by atoms with E-state index in [1.54, 1.807) is 0 Å². The molecule has 0 radical (unpaired) electrons. The van der Waals surface area contributed by atoms with Crippen molar-refractivity contribution < 1.29 is 9.66 Å². The molecule has 2 aromatic rings. The molecule has 0 saturated heterocycles. The zero-order chi connectivity index (χ0) is 14.9. The van der Waals surface area contributed by atoms with Crippen molar-refractivity contribution in [3.63, 3.8) is 0 Å². The fourth-order valence-electron chi connectivity index (χ4n) is 1.31. The van der Waals surface area contributed by atoms with E-state index < -0.39 is 4.92 Å². The van der Waals surface area contributed by atoms with E-state index in [-0.39, 0.29) is 27.5 Å². The van der Waals surface area contributed by atoms with Crippen LogP contribution in [0.5, 0.6) is 11.6 Å². The van der Waals surface area contributed by atoms with Crippen molar-refractivity contribution in [1.82, 2.24) is 4.98 Å². The van der Waals surface area contributed by atoms with Crippen molar-refractivity contribution >= 4 is 56.4 Å². The molecule has 0 spiro atoms. The van der Waals surface area contributed by atoms with Gasteiger partial charge in [-0.3, -0.25) is 10.1 Å². The smallest absolute Gasteiger partial charge is 0.331 e. The highest BCUT2D eigenvalue weighted by Crippen LogP contribution is 2.38. The van der Waals surface area contributed by atoms with E-state index in [1.165, 1.54) is 24.3 Å². The summed E-state index contributed by atoms with van der Waals surface area (Å²) in [7, 11) is 0. The Hall–Kier alpha value is -1.08. The molecule has 0 aliphatic heterocycles. The van der Waals surface area contributed by atoms with E-state index in [4.69, 9.17) is 39.5 Å². The first-order chi connectivity index (χ1) is 9.38. The first-order valence-electron chi connectivity index (χ1n) is 5.02. The van der Waals surface area contributed by atoms with Crippen LogP contribution >= 0.6 is 50.7 Å². The highest BCUT2D eigenvalue weighted by Gasteiger charge is 2.19. The van der Waals surface area contributed by atoms with Crippen LogP contribution < -0.4 is 4.74 Å². The zero-order valence-electron chi connectivity index (χ0n) is 9.44. The van der Waals surface area contributed by atoms with Crippen LogP contribution in [0, 0.1) is 10.1 Å². The van der Waals surface area contributed by atoms with Gasteiger partial charge in [0.05, 0.1) is 15.0 Å². The number of hydrogen-bond donors (Lipinski definition) is 0. The van der Waals surface area contributed by atoms with Crippen LogP contribution in [0.2, 0.25) is 15.2 Å². The van der Waals surface area contributed by atoms with Crippen molar-refractivity contribution in [1.29, 1.82) is 0 Å². The Labute approximate surface area is 136 Å². The Morgan fingerprint density at radius 2 is 1.90 bits per heavy atom. The number of halogens is 4. The first kappa shape index (κ1) is 15.3. The van der Waals surface area contributed by atoms with Crippen molar-refractivity contribution in [3.05, 3.63) is 54.1 Å². The standard InChI is InChI=1S/C11H4BrCl3N2O3/c12-5-3-7(14)9(4-6(5)13)20-11-8(17(18)19)1-2-10(15)16-11/h1-4H. The minimum Gasteiger partial charge on any atom is -0.432 e. The normalized spacial score (nSPS) is 10.4. The van der Waals surface area contributed by atoms with Crippen LogP contribution in [0.25, 0.3) is 0 Å². The third kappa shape index (κ3) is 3.32. The lowest BCUT2D eigenvalue weighted by atomic mass is 10.3. The number of rotatable bonds is 3. The van der Waals surface area contributed by atoms with Gasteiger partial charge in [0.25, 0.3) is 0 Å². The largest absolute Gasteiger partial charge is 0.432 e. The molecule has 0 unspecified atom stereocenters. The third-order valence-corrected chi connectivity index (χ3v) is 3.89. The molecule has 5 nitrogen and oxygen atoms in total. The molecule has 0 fully saturated rings. The highest BCUT2D eigenvalue weighted by molar-refractivity contribution is 9.10. The Bertz CT molecular complexity index is 697. The zero-order valence-corrected chi connectivity index (χ0v) is 13.3. The van der Waals surface area contributed by atoms with Gasteiger partial charge >= 0.3 is 11.6 Å². The average Bonchev–Trinajstić information content (AvgIpc) is 2.35. The fraction of sp³-hybridized carbons (Fsp3) is 0. The Balaban J connectivity index is 2.47. The number of benzene rings is 1. The maximum Gasteiger partial charge on any atom is 0.331 e. The monoisotopic (exact) mass is 396 g/mol. The van der Waals surface area contributed by atoms with Gasteiger partial charge in [0.15, 0.2) is 0 Å². The lowest BCUT2D eigenvalue weighted by Gasteiger charge is -2.08. The van der Waals surface area contributed by atoms with Gasteiger partial charge in [0, 0.05) is 16.6 Å². The Morgan fingerprint density at radius 3 is 2.55 bits per heavy atom. The third-order valence-electron chi connectivity index (χ3n) is 2.18. The quantitative estimate of drug-likeness (QED) is 0.296. The summed E-state index contributed by atoms with van der Waals surface area (Å²) in [6.45, 7) is 0. The minimum absolute atomic E-state index is 0.0601.